The zero-order valence-electron chi connectivity index (χ0n) is 14.4. The van der Waals surface area contributed by atoms with Gasteiger partial charge in [-0.3, -0.25) is 4.79 Å². The fourth-order valence-corrected chi connectivity index (χ4v) is 2.39. The lowest BCUT2D eigenvalue weighted by Gasteiger charge is -2.10. The van der Waals surface area contributed by atoms with Gasteiger partial charge < -0.3 is 15.4 Å². The van der Waals surface area contributed by atoms with E-state index in [1.807, 2.05) is 0 Å². The SMILES string of the molecule is COC(=O)c1ccccc1NC(=O)c1ccc(Nc2ccccc2F)cn1. The molecule has 3 rings (SSSR count). The molecular formula is C20H16FN3O3. The highest BCUT2D eigenvalue weighted by molar-refractivity contribution is 6.07. The topological polar surface area (TPSA) is 80.3 Å². The van der Waals surface area contributed by atoms with E-state index < -0.39 is 17.7 Å². The Morgan fingerprint density at radius 3 is 2.33 bits per heavy atom. The Morgan fingerprint density at radius 2 is 1.67 bits per heavy atom. The Balaban J connectivity index is 1.73. The second-order valence-corrected chi connectivity index (χ2v) is 5.53. The van der Waals surface area contributed by atoms with Crippen molar-refractivity contribution >= 4 is 28.9 Å². The fourth-order valence-electron chi connectivity index (χ4n) is 2.39. The summed E-state index contributed by atoms with van der Waals surface area (Å²) in [6.45, 7) is 0. The average molecular weight is 365 g/mol. The molecule has 1 amide bonds. The molecule has 0 fully saturated rings. The number of anilines is 3. The Bertz CT molecular complexity index is 974. The number of carbonyl (C=O) groups is 2. The molecule has 0 aliphatic heterocycles. The Hall–Kier alpha value is -3.74. The number of aromatic nitrogens is 1. The molecule has 1 aromatic heterocycles. The molecule has 27 heavy (non-hydrogen) atoms. The van der Waals surface area contributed by atoms with Crippen LogP contribution in [0.3, 0.4) is 0 Å². The van der Waals surface area contributed by atoms with Crippen molar-refractivity contribution in [1.82, 2.24) is 4.98 Å². The molecule has 0 atom stereocenters. The molecule has 0 bridgehead atoms. The highest BCUT2D eigenvalue weighted by Crippen LogP contribution is 2.20. The number of hydrogen-bond donors (Lipinski definition) is 2. The smallest absolute Gasteiger partial charge is 0.339 e. The molecule has 0 saturated heterocycles. The molecule has 0 saturated carbocycles. The third kappa shape index (κ3) is 4.27. The number of carbonyl (C=O) groups excluding carboxylic acids is 2. The van der Waals surface area contributed by atoms with Gasteiger partial charge in [0.25, 0.3) is 5.91 Å². The molecule has 1 heterocycles. The number of ether oxygens (including phenoxy) is 1. The normalized spacial score (nSPS) is 10.1. The number of methoxy groups -OCH3 is 1. The van der Waals surface area contributed by atoms with Gasteiger partial charge in [0.05, 0.1) is 35.9 Å². The van der Waals surface area contributed by atoms with Crippen LogP contribution in [0.5, 0.6) is 0 Å². The summed E-state index contributed by atoms with van der Waals surface area (Å²) in [5.74, 6) is -1.43. The van der Waals surface area contributed by atoms with Gasteiger partial charge in [0.2, 0.25) is 0 Å². The first-order chi connectivity index (χ1) is 13.1. The number of hydrogen-bond acceptors (Lipinski definition) is 5. The van der Waals surface area contributed by atoms with E-state index in [-0.39, 0.29) is 11.3 Å². The van der Waals surface area contributed by atoms with Crippen molar-refractivity contribution < 1.29 is 18.7 Å². The summed E-state index contributed by atoms with van der Waals surface area (Å²) in [4.78, 5) is 28.2. The van der Waals surface area contributed by atoms with Gasteiger partial charge in [-0.1, -0.05) is 24.3 Å². The molecule has 136 valence electrons. The molecule has 0 unspecified atom stereocenters. The summed E-state index contributed by atoms with van der Waals surface area (Å²) in [5, 5.41) is 5.53. The first-order valence-electron chi connectivity index (χ1n) is 8.05. The van der Waals surface area contributed by atoms with Crippen molar-refractivity contribution in [2.75, 3.05) is 17.7 Å². The maximum atomic E-state index is 13.7. The van der Waals surface area contributed by atoms with Crippen LogP contribution < -0.4 is 10.6 Å². The molecule has 7 heteroatoms. The van der Waals surface area contributed by atoms with Gasteiger partial charge in [-0.2, -0.15) is 0 Å². The van der Waals surface area contributed by atoms with Crippen LogP contribution in [0.15, 0.2) is 66.9 Å². The highest BCUT2D eigenvalue weighted by Gasteiger charge is 2.15. The predicted octanol–water partition coefficient (Wildman–Crippen LogP) is 4.00. The van der Waals surface area contributed by atoms with Gasteiger partial charge in [-0.05, 0) is 36.4 Å². The summed E-state index contributed by atoms with van der Waals surface area (Å²) >= 11 is 0. The second kappa shape index (κ2) is 8.09. The van der Waals surface area contributed by atoms with Crippen molar-refractivity contribution in [1.29, 1.82) is 0 Å². The van der Waals surface area contributed by atoms with E-state index in [0.29, 0.717) is 17.1 Å². The maximum absolute atomic E-state index is 13.7. The van der Waals surface area contributed by atoms with E-state index in [9.17, 15) is 14.0 Å². The van der Waals surface area contributed by atoms with Gasteiger partial charge in [0.15, 0.2) is 0 Å². The van der Waals surface area contributed by atoms with Crippen LogP contribution in [-0.4, -0.2) is 24.0 Å². The molecule has 2 N–H and O–H groups in total. The van der Waals surface area contributed by atoms with E-state index in [2.05, 4.69) is 15.6 Å². The van der Waals surface area contributed by atoms with Gasteiger partial charge in [0.1, 0.15) is 11.5 Å². The lowest BCUT2D eigenvalue weighted by atomic mass is 10.1. The summed E-state index contributed by atoms with van der Waals surface area (Å²) in [7, 11) is 1.27. The van der Waals surface area contributed by atoms with Gasteiger partial charge in [-0.25, -0.2) is 14.2 Å². The first-order valence-corrected chi connectivity index (χ1v) is 8.05. The first kappa shape index (κ1) is 18.1. The van der Waals surface area contributed by atoms with Gasteiger partial charge in [-0.15, -0.1) is 0 Å². The number of benzene rings is 2. The number of nitrogens with zero attached hydrogens (tertiary/aromatic N) is 1. The molecule has 2 aromatic carbocycles. The van der Waals surface area contributed by atoms with Crippen molar-refractivity contribution in [2.24, 2.45) is 0 Å². The number of amides is 1. The van der Waals surface area contributed by atoms with E-state index in [0.717, 1.165) is 0 Å². The molecule has 0 radical (unpaired) electrons. The number of rotatable bonds is 5. The molecule has 6 nitrogen and oxygen atoms in total. The molecule has 0 spiro atoms. The Morgan fingerprint density at radius 1 is 0.963 bits per heavy atom. The van der Waals surface area contributed by atoms with E-state index in [4.69, 9.17) is 4.74 Å². The summed E-state index contributed by atoms with van der Waals surface area (Å²) < 4.78 is 18.4. The lowest BCUT2D eigenvalue weighted by molar-refractivity contribution is 0.0602. The van der Waals surface area contributed by atoms with Crippen molar-refractivity contribution in [3.8, 4) is 0 Å². The minimum absolute atomic E-state index is 0.147. The number of halogens is 1. The number of para-hydroxylation sites is 2. The van der Waals surface area contributed by atoms with Crippen LogP contribution >= 0.6 is 0 Å². The van der Waals surface area contributed by atoms with Crippen LogP contribution in [0.1, 0.15) is 20.8 Å². The zero-order chi connectivity index (χ0) is 19.2. The number of nitrogens with one attached hydrogen (secondary N) is 2. The molecule has 3 aromatic rings. The maximum Gasteiger partial charge on any atom is 0.339 e. The Labute approximate surface area is 155 Å². The van der Waals surface area contributed by atoms with Crippen LogP contribution in [0.2, 0.25) is 0 Å². The summed E-state index contributed by atoms with van der Waals surface area (Å²) in [5.41, 5.74) is 1.56. The Kier molecular flexibility index (Phi) is 5.41. The summed E-state index contributed by atoms with van der Waals surface area (Å²) in [6.07, 6.45) is 1.42. The quantitative estimate of drug-likeness (QED) is 0.668. The minimum Gasteiger partial charge on any atom is -0.465 e. The third-order valence-corrected chi connectivity index (χ3v) is 3.73. The summed E-state index contributed by atoms with van der Waals surface area (Å²) in [6, 6.07) is 15.9. The predicted molar refractivity (Wildman–Crippen MR) is 99.7 cm³/mol. The number of pyridine rings is 1. The molecular weight excluding hydrogens is 349 g/mol. The van der Waals surface area contributed by atoms with E-state index in [1.165, 1.54) is 25.4 Å². The van der Waals surface area contributed by atoms with E-state index >= 15 is 0 Å². The van der Waals surface area contributed by atoms with Crippen LogP contribution in [-0.2, 0) is 4.74 Å². The van der Waals surface area contributed by atoms with Crippen molar-refractivity contribution in [3.63, 3.8) is 0 Å². The molecule has 0 aliphatic carbocycles. The van der Waals surface area contributed by atoms with Gasteiger partial charge >= 0.3 is 5.97 Å². The lowest BCUT2D eigenvalue weighted by Crippen LogP contribution is -2.16. The van der Waals surface area contributed by atoms with Crippen LogP contribution in [0, 0.1) is 5.82 Å². The molecule has 0 aliphatic rings. The number of esters is 1. The second-order valence-electron chi connectivity index (χ2n) is 5.53. The van der Waals surface area contributed by atoms with Crippen molar-refractivity contribution in [2.45, 2.75) is 0 Å². The monoisotopic (exact) mass is 365 g/mol. The minimum atomic E-state index is -0.553. The largest absolute Gasteiger partial charge is 0.465 e. The standard InChI is InChI=1S/C20H16FN3O3/c1-27-20(26)14-6-2-4-8-16(14)24-19(25)18-11-10-13(12-22-18)23-17-9-5-3-7-15(17)21/h2-12,23H,1H3,(H,24,25). The third-order valence-electron chi connectivity index (χ3n) is 3.73. The fraction of sp³-hybridized carbons (Fsp3) is 0.0500. The average Bonchev–Trinajstić information content (AvgIpc) is 2.70. The highest BCUT2D eigenvalue weighted by atomic mass is 19.1. The zero-order valence-corrected chi connectivity index (χ0v) is 14.4. The van der Waals surface area contributed by atoms with E-state index in [1.54, 1.807) is 48.5 Å². The van der Waals surface area contributed by atoms with Crippen LogP contribution in [0.4, 0.5) is 21.5 Å². The van der Waals surface area contributed by atoms with Crippen molar-refractivity contribution in [3.05, 3.63) is 83.9 Å². The van der Waals surface area contributed by atoms with Gasteiger partial charge in [0, 0.05) is 0 Å². The van der Waals surface area contributed by atoms with Crippen LogP contribution in [0.25, 0.3) is 0 Å².